The van der Waals surface area contributed by atoms with Gasteiger partial charge in [-0.3, -0.25) is 0 Å². The predicted molar refractivity (Wildman–Crippen MR) is 85.7 cm³/mol. The third kappa shape index (κ3) is 4.49. The standard InChI is InChI=1S/C17H26FNS/c1-3-19-16(14-8-6-7-13(2)11-14)12-20-17-10-5-4-9-15(17)18/h4-5,9-10,13-14,16,19H,3,6-8,11-12H2,1-2H3. The van der Waals surface area contributed by atoms with Gasteiger partial charge < -0.3 is 5.32 Å². The molecule has 1 saturated carbocycles. The quantitative estimate of drug-likeness (QED) is 0.762. The summed E-state index contributed by atoms with van der Waals surface area (Å²) < 4.78 is 13.7. The first-order valence-corrected chi connectivity index (χ1v) is 8.80. The molecular formula is C17H26FNS. The SMILES string of the molecule is CCNC(CSc1ccccc1F)C1CCCC(C)C1. The van der Waals surface area contributed by atoms with Gasteiger partial charge in [-0.25, -0.2) is 4.39 Å². The van der Waals surface area contributed by atoms with E-state index in [2.05, 4.69) is 19.2 Å². The van der Waals surface area contributed by atoms with Crippen LogP contribution in [0.25, 0.3) is 0 Å². The normalized spacial score (nSPS) is 24.6. The fourth-order valence-electron chi connectivity index (χ4n) is 3.21. The van der Waals surface area contributed by atoms with Gasteiger partial charge in [0, 0.05) is 16.7 Å². The molecule has 0 radical (unpaired) electrons. The lowest BCUT2D eigenvalue weighted by molar-refractivity contribution is 0.235. The lowest BCUT2D eigenvalue weighted by Gasteiger charge is -2.33. The van der Waals surface area contributed by atoms with E-state index in [1.165, 1.54) is 25.7 Å². The summed E-state index contributed by atoms with van der Waals surface area (Å²) in [6.45, 7) is 5.51. The van der Waals surface area contributed by atoms with Gasteiger partial charge in [-0.05, 0) is 43.4 Å². The Morgan fingerprint density at radius 2 is 2.15 bits per heavy atom. The zero-order valence-electron chi connectivity index (χ0n) is 12.6. The Hall–Kier alpha value is -0.540. The van der Waals surface area contributed by atoms with Crippen LogP contribution in [0.3, 0.4) is 0 Å². The third-order valence-corrected chi connectivity index (χ3v) is 5.44. The molecule has 0 saturated heterocycles. The molecule has 112 valence electrons. The van der Waals surface area contributed by atoms with Crippen LogP contribution in [0.5, 0.6) is 0 Å². The predicted octanol–water partition coefficient (Wildman–Crippen LogP) is 4.72. The number of thioether (sulfide) groups is 1. The molecule has 20 heavy (non-hydrogen) atoms. The molecule has 0 aromatic heterocycles. The van der Waals surface area contributed by atoms with Crippen molar-refractivity contribution in [2.24, 2.45) is 11.8 Å². The summed E-state index contributed by atoms with van der Waals surface area (Å²) in [6, 6.07) is 7.60. The smallest absolute Gasteiger partial charge is 0.136 e. The molecule has 0 bridgehead atoms. The second-order valence-corrected chi connectivity index (χ2v) is 7.00. The van der Waals surface area contributed by atoms with Gasteiger partial charge in [0.1, 0.15) is 5.82 Å². The van der Waals surface area contributed by atoms with E-state index < -0.39 is 0 Å². The van der Waals surface area contributed by atoms with Crippen LogP contribution in [-0.4, -0.2) is 18.3 Å². The van der Waals surface area contributed by atoms with E-state index in [1.807, 2.05) is 12.1 Å². The number of rotatable bonds is 6. The molecule has 2 rings (SSSR count). The number of hydrogen-bond acceptors (Lipinski definition) is 2. The fourth-order valence-corrected chi connectivity index (χ4v) is 4.34. The van der Waals surface area contributed by atoms with Crippen molar-refractivity contribution in [3.63, 3.8) is 0 Å². The van der Waals surface area contributed by atoms with Crippen molar-refractivity contribution in [1.29, 1.82) is 0 Å². The summed E-state index contributed by atoms with van der Waals surface area (Å²) in [5.74, 6) is 2.46. The van der Waals surface area contributed by atoms with Crippen LogP contribution in [0, 0.1) is 17.7 Å². The Bertz CT molecular complexity index is 410. The first kappa shape index (κ1) is 15.8. The molecule has 1 aliphatic carbocycles. The van der Waals surface area contributed by atoms with Gasteiger partial charge in [0.05, 0.1) is 0 Å². The second-order valence-electron chi connectivity index (χ2n) is 5.94. The highest BCUT2D eigenvalue weighted by Crippen LogP contribution is 2.33. The van der Waals surface area contributed by atoms with Crippen LogP contribution in [0.1, 0.15) is 39.5 Å². The van der Waals surface area contributed by atoms with E-state index in [-0.39, 0.29) is 5.82 Å². The second kappa shape index (κ2) is 8.04. The van der Waals surface area contributed by atoms with Gasteiger partial charge >= 0.3 is 0 Å². The van der Waals surface area contributed by atoms with E-state index in [1.54, 1.807) is 23.9 Å². The summed E-state index contributed by atoms with van der Waals surface area (Å²) in [7, 11) is 0. The minimum Gasteiger partial charge on any atom is -0.313 e. The summed E-state index contributed by atoms with van der Waals surface area (Å²) in [6.07, 6.45) is 5.35. The largest absolute Gasteiger partial charge is 0.313 e. The lowest BCUT2D eigenvalue weighted by Crippen LogP contribution is -2.40. The van der Waals surface area contributed by atoms with E-state index >= 15 is 0 Å². The molecular weight excluding hydrogens is 269 g/mol. The average Bonchev–Trinajstić information content (AvgIpc) is 2.45. The minimum atomic E-state index is -0.0928. The van der Waals surface area contributed by atoms with Gasteiger partial charge in [-0.15, -0.1) is 11.8 Å². The molecule has 1 aliphatic rings. The van der Waals surface area contributed by atoms with Gasteiger partial charge in [0.2, 0.25) is 0 Å². The Labute approximate surface area is 126 Å². The number of benzene rings is 1. The highest BCUT2D eigenvalue weighted by Gasteiger charge is 2.26. The van der Waals surface area contributed by atoms with Gasteiger partial charge in [0.15, 0.2) is 0 Å². The maximum atomic E-state index is 13.7. The summed E-state index contributed by atoms with van der Waals surface area (Å²) in [5.41, 5.74) is 0. The third-order valence-electron chi connectivity index (χ3n) is 4.27. The van der Waals surface area contributed by atoms with Crippen LogP contribution in [-0.2, 0) is 0 Å². The van der Waals surface area contributed by atoms with Gasteiger partial charge in [0.25, 0.3) is 0 Å². The molecule has 1 aromatic rings. The molecule has 3 atom stereocenters. The first-order chi connectivity index (χ1) is 9.70. The van der Waals surface area contributed by atoms with Crippen molar-refractivity contribution in [2.75, 3.05) is 12.3 Å². The van der Waals surface area contributed by atoms with E-state index in [0.717, 1.165) is 29.0 Å². The average molecular weight is 295 g/mol. The molecule has 1 aromatic carbocycles. The highest BCUT2D eigenvalue weighted by atomic mass is 32.2. The zero-order chi connectivity index (χ0) is 14.4. The molecule has 0 amide bonds. The number of hydrogen-bond donors (Lipinski definition) is 1. The molecule has 0 aliphatic heterocycles. The van der Waals surface area contributed by atoms with Gasteiger partial charge in [-0.2, -0.15) is 0 Å². The van der Waals surface area contributed by atoms with Crippen LogP contribution in [0.4, 0.5) is 4.39 Å². The Morgan fingerprint density at radius 3 is 2.85 bits per heavy atom. The summed E-state index contributed by atoms with van der Waals surface area (Å²) in [5, 5.41) is 3.62. The number of nitrogens with one attached hydrogen (secondary N) is 1. The summed E-state index contributed by atoms with van der Waals surface area (Å²) in [4.78, 5) is 0.777. The molecule has 0 spiro atoms. The Morgan fingerprint density at radius 1 is 1.35 bits per heavy atom. The number of halogens is 1. The Balaban J connectivity index is 1.93. The van der Waals surface area contributed by atoms with E-state index in [9.17, 15) is 4.39 Å². The highest BCUT2D eigenvalue weighted by molar-refractivity contribution is 7.99. The van der Waals surface area contributed by atoms with Crippen LogP contribution in [0.15, 0.2) is 29.2 Å². The fraction of sp³-hybridized carbons (Fsp3) is 0.647. The zero-order valence-corrected chi connectivity index (χ0v) is 13.4. The van der Waals surface area contributed by atoms with E-state index in [0.29, 0.717) is 6.04 Å². The monoisotopic (exact) mass is 295 g/mol. The maximum absolute atomic E-state index is 13.7. The molecule has 0 heterocycles. The van der Waals surface area contributed by atoms with Crippen molar-refractivity contribution < 1.29 is 4.39 Å². The van der Waals surface area contributed by atoms with Crippen molar-refractivity contribution in [3.05, 3.63) is 30.1 Å². The van der Waals surface area contributed by atoms with Crippen molar-refractivity contribution in [3.8, 4) is 0 Å². The molecule has 1 nitrogen and oxygen atoms in total. The minimum absolute atomic E-state index is 0.0928. The maximum Gasteiger partial charge on any atom is 0.136 e. The molecule has 1 N–H and O–H groups in total. The van der Waals surface area contributed by atoms with Crippen molar-refractivity contribution in [1.82, 2.24) is 5.32 Å². The van der Waals surface area contributed by atoms with Crippen LogP contribution >= 0.6 is 11.8 Å². The molecule has 3 unspecified atom stereocenters. The lowest BCUT2D eigenvalue weighted by atomic mass is 9.79. The van der Waals surface area contributed by atoms with Gasteiger partial charge in [-0.1, -0.05) is 38.8 Å². The molecule has 3 heteroatoms. The summed E-state index contributed by atoms with van der Waals surface area (Å²) >= 11 is 1.65. The van der Waals surface area contributed by atoms with Crippen LogP contribution in [0.2, 0.25) is 0 Å². The first-order valence-electron chi connectivity index (χ1n) is 7.81. The Kier molecular flexibility index (Phi) is 6.37. The topological polar surface area (TPSA) is 12.0 Å². The van der Waals surface area contributed by atoms with Crippen molar-refractivity contribution in [2.45, 2.75) is 50.5 Å². The van der Waals surface area contributed by atoms with Crippen LogP contribution < -0.4 is 5.32 Å². The van der Waals surface area contributed by atoms with Crippen molar-refractivity contribution >= 4 is 11.8 Å². The molecule has 1 fully saturated rings. The van der Waals surface area contributed by atoms with E-state index in [4.69, 9.17) is 0 Å².